The fourth-order valence-corrected chi connectivity index (χ4v) is 5.23. The van der Waals surface area contributed by atoms with E-state index in [1.54, 1.807) is 5.56 Å². The molecule has 0 heterocycles. The monoisotopic (exact) mass is 416 g/mol. The van der Waals surface area contributed by atoms with Crippen molar-refractivity contribution in [1.29, 1.82) is 0 Å². The second-order valence-electron chi connectivity index (χ2n) is 10.1. The van der Waals surface area contributed by atoms with Crippen LogP contribution in [-0.4, -0.2) is 0 Å². The predicted octanol–water partition coefficient (Wildman–Crippen LogP) is 10.2. The quantitative estimate of drug-likeness (QED) is 0.319. The van der Waals surface area contributed by atoms with Crippen molar-refractivity contribution >= 4 is 6.08 Å². The zero-order valence-electron chi connectivity index (χ0n) is 20.3. The van der Waals surface area contributed by atoms with E-state index in [9.17, 15) is 0 Å². The van der Waals surface area contributed by atoms with E-state index >= 15 is 0 Å². The maximum atomic E-state index is 2.39. The zero-order valence-corrected chi connectivity index (χ0v) is 20.3. The Morgan fingerprint density at radius 2 is 1.26 bits per heavy atom. The Hall–Kier alpha value is -1.82. The lowest BCUT2D eigenvalue weighted by Gasteiger charge is -2.29. The Labute approximate surface area is 192 Å². The van der Waals surface area contributed by atoms with Crippen LogP contribution in [0.2, 0.25) is 0 Å². The molecule has 0 heteroatoms. The van der Waals surface area contributed by atoms with Crippen molar-refractivity contribution in [2.75, 3.05) is 0 Å². The lowest BCUT2D eigenvalue weighted by molar-refractivity contribution is 0.302. The molecule has 1 fully saturated rings. The van der Waals surface area contributed by atoms with Crippen LogP contribution in [0, 0.1) is 5.92 Å². The smallest absolute Gasteiger partial charge is 0.0162 e. The van der Waals surface area contributed by atoms with Crippen LogP contribution in [0.3, 0.4) is 0 Å². The molecular formula is C31H44. The van der Waals surface area contributed by atoms with Crippen LogP contribution >= 0.6 is 0 Å². The minimum Gasteiger partial charge on any atom is -0.0758 e. The molecule has 0 amide bonds. The Bertz CT molecular complexity index is 766. The molecular weight excluding hydrogens is 372 g/mol. The highest BCUT2D eigenvalue weighted by Crippen LogP contribution is 2.38. The molecule has 0 aromatic heterocycles. The number of rotatable bonds is 11. The van der Waals surface area contributed by atoms with Crippen molar-refractivity contribution in [1.82, 2.24) is 0 Å². The summed E-state index contributed by atoms with van der Waals surface area (Å²) >= 11 is 0. The summed E-state index contributed by atoms with van der Waals surface area (Å²) in [5, 5.41) is 0. The summed E-state index contributed by atoms with van der Waals surface area (Å²) in [5.41, 5.74) is 6.83. The molecule has 31 heavy (non-hydrogen) atoms. The van der Waals surface area contributed by atoms with Crippen LogP contribution in [0.25, 0.3) is 17.2 Å². The van der Waals surface area contributed by atoms with Crippen LogP contribution in [0.1, 0.15) is 115 Å². The summed E-state index contributed by atoms with van der Waals surface area (Å²) in [5.74, 6) is 1.77. The number of allylic oxidation sites excluding steroid dienone is 1. The molecule has 0 nitrogen and oxygen atoms in total. The van der Waals surface area contributed by atoms with E-state index in [2.05, 4.69) is 75.4 Å². The van der Waals surface area contributed by atoms with Crippen LogP contribution in [0.5, 0.6) is 0 Å². The van der Waals surface area contributed by atoms with Crippen molar-refractivity contribution in [2.24, 2.45) is 5.92 Å². The Morgan fingerprint density at radius 1 is 0.710 bits per heavy atom. The minimum atomic E-state index is 0.777. The van der Waals surface area contributed by atoms with Crippen LogP contribution < -0.4 is 0 Å². The van der Waals surface area contributed by atoms with Gasteiger partial charge in [0.1, 0.15) is 0 Å². The second-order valence-corrected chi connectivity index (χ2v) is 10.1. The highest BCUT2D eigenvalue weighted by atomic mass is 14.3. The van der Waals surface area contributed by atoms with Gasteiger partial charge in [-0.15, -0.1) is 0 Å². The average molecular weight is 417 g/mol. The molecule has 1 saturated carbocycles. The van der Waals surface area contributed by atoms with Gasteiger partial charge in [0.25, 0.3) is 0 Å². The van der Waals surface area contributed by atoms with E-state index in [1.807, 2.05) is 0 Å². The summed E-state index contributed by atoms with van der Waals surface area (Å²) in [6.07, 6.45) is 19.4. The van der Waals surface area contributed by atoms with E-state index < -0.39 is 0 Å². The Balaban J connectivity index is 1.41. The van der Waals surface area contributed by atoms with Crippen molar-refractivity contribution in [3.05, 3.63) is 65.2 Å². The van der Waals surface area contributed by atoms with Gasteiger partial charge in [-0.1, -0.05) is 118 Å². The standard InChI is InChI=1S/C31H44/c1-4-5-6-7-8-9-10-11-26-12-16-28(17-13-26)30-20-22-31(23-21-30)29-18-14-27(15-19-29)24-25(2)3/h14-15,18-24,26,28H,4-13,16-17H2,1-3H3. The van der Waals surface area contributed by atoms with Gasteiger partial charge < -0.3 is 0 Å². The molecule has 0 atom stereocenters. The number of hydrogen-bond acceptors (Lipinski definition) is 0. The zero-order chi connectivity index (χ0) is 21.9. The molecule has 2 aromatic carbocycles. The molecule has 0 saturated heterocycles. The van der Waals surface area contributed by atoms with Crippen molar-refractivity contribution in [2.45, 2.75) is 104 Å². The van der Waals surface area contributed by atoms with Crippen molar-refractivity contribution in [3.8, 4) is 11.1 Å². The largest absolute Gasteiger partial charge is 0.0758 e. The first-order valence-corrected chi connectivity index (χ1v) is 13.0. The second kappa shape index (κ2) is 12.9. The molecule has 168 valence electrons. The van der Waals surface area contributed by atoms with Crippen LogP contribution in [0.15, 0.2) is 54.1 Å². The summed E-state index contributed by atoms with van der Waals surface area (Å²) in [4.78, 5) is 0. The highest BCUT2D eigenvalue weighted by Gasteiger charge is 2.22. The SMILES string of the molecule is CCCCCCCCCC1CCC(c2ccc(-c3ccc(C=C(C)C)cc3)cc2)CC1. The number of benzene rings is 2. The normalized spacial score (nSPS) is 18.7. The first-order chi connectivity index (χ1) is 15.2. The predicted molar refractivity (Wildman–Crippen MR) is 139 cm³/mol. The molecule has 0 N–H and O–H groups in total. The average Bonchev–Trinajstić information content (AvgIpc) is 2.79. The van der Waals surface area contributed by atoms with Crippen LogP contribution in [-0.2, 0) is 0 Å². The fourth-order valence-electron chi connectivity index (χ4n) is 5.23. The van der Waals surface area contributed by atoms with E-state index in [0.29, 0.717) is 0 Å². The molecule has 0 bridgehead atoms. The first kappa shape index (κ1) is 23.8. The highest BCUT2D eigenvalue weighted by molar-refractivity contribution is 5.66. The number of unbranched alkanes of at least 4 members (excludes halogenated alkanes) is 6. The third kappa shape index (κ3) is 7.99. The van der Waals surface area contributed by atoms with Gasteiger partial charge in [-0.3, -0.25) is 0 Å². The van der Waals surface area contributed by atoms with Crippen molar-refractivity contribution < 1.29 is 0 Å². The molecule has 0 aliphatic heterocycles. The van der Waals surface area contributed by atoms with E-state index in [0.717, 1.165) is 11.8 Å². The third-order valence-corrected chi connectivity index (χ3v) is 7.14. The van der Waals surface area contributed by atoms with Gasteiger partial charge >= 0.3 is 0 Å². The number of hydrogen-bond donors (Lipinski definition) is 0. The lowest BCUT2D eigenvalue weighted by Crippen LogP contribution is -2.13. The maximum absolute atomic E-state index is 2.39. The minimum absolute atomic E-state index is 0.777. The lowest BCUT2D eigenvalue weighted by atomic mass is 9.77. The third-order valence-electron chi connectivity index (χ3n) is 7.14. The van der Waals surface area contributed by atoms with Crippen LogP contribution in [0.4, 0.5) is 0 Å². The maximum Gasteiger partial charge on any atom is -0.0162 e. The van der Waals surface area contributed by atoms with Gasteiger partial charge in [-0.2, -0.15) is 0 Å². The first-order valence-electron chi connectivity index (χ1n) is 13.0. The summed E-state index contributed by atoms with van der Waals surface area (Å²) in [6.45, 7) is 6.60. The molecule has 0 radical (unpaired) electrons. The van der Waals surface area contributed by atoms with Gasteiger partial charge in [0, 0.05) is 0 Å². The molecule has 0 spiro atoms. The van der Waals surface area contributed by atoms with Gasteiger partial charge in [0.15, 0.2) is 0 Å². The summed E-state index contributed by atoms with van der Waals surface area (Å²) < 4.78 is 0. The molecule has 1 aliphatic carbocycles. The molecule has 3 rings (SSSR count). The van der Waals surface area contributed by atoms with E-state index in [1.165, 1.54) is 99.3 Å². The fraction of sp³-hybridized carbons (Fsp3) is 0.548. The molecule has 1 aliphatic rings. The van der Waals surface area contributed by atoms with Gasteiger partial charge in [0.2, 0.25) is 0 Å². The van der Waals surface area contributed by atoms with E-state index in [-0.39, 0.29) is 0 Å². The van der Waals surface area contributed by atoms with Gasteiger partial charge in [-0.25, -0.2) is 0 Å². The van der Waals surface area contributed by atoms with Gasteiger partial charge in [0.05, 0.1) is 0 Å². The topological polar surface area (TPSA) is 0 Å². The molecule has 2 aromatic rings. The molecule has 0 unspecified atom stereocenters. The van der Waals surface area contributed by atoms with Gasteiger partial charge in [-0.05, 0) is 73.6 Å². The summed E-state index contributed by atoms with van der Waals surface area (Å²) in [7, 11) is 0. The Kier molecular flexibility index (Phi) is 9.91. The Morgan fingerprint density at radius 3 is 1.84 bits per heavy atom. The van der Waals surface area contributed by atoms with E-state index in [4.69, 9.17) is 0 Å². The summed E-state index contributed by atoms with van der Waals surface area (Å²) in [6, 6.07) is 18.4. The van der Waals surface area contributed by atoms with Crippen molar-refractivity contribution in [3.63, 3.8) is 0 Å².